The summed E-state index contributed by atoms with van der Waals surface area (Å²) in [6.07, 6.45) is 0. The molecule has 24 heavy (non-hydrogen) atoms. The molecule has 0 fully saturated rings. The van der Waals surface area contributed by atoms with Crippen LogP contribution in [0.5, 0.6) is 0 Å². The highest BCUT2D eigenvalue weighted by molar-refractivity contribution is 6.03. The number of carbonyl (C=O) groups is 1. The van der Waals surface area contributed by atoms with E-state index >= 15 is 0 Å². The summed E-state index contributed by atoms with van der Waals surface area (Å²) in [7, 11) is 0. The van der Waals surface area contributed by atoms with Crippen LogP contribution in [0.4, 0.5) is 20.6 Å². The fourth-order valence-electron chi connectivity index (χ4n) is 2.31. The lowest BCUT2D eigenvalue weighted by atomic mass is 10.1. The van der Waals surface area contributed by atoms with Crippen molar-refractivity contribution in [3.05, 3.63) is 59.4 Å². The molecule has 3 rings (SSSR count). The molecule has 2 aromatic carbocycles. The van der Waals surface area contributed by atoms with E-state index in [4.69, 9.17) is 5.26 Å². The Morgan fingerprint density at radius 3 is 2.58 bits per heavy atom. The van der Waals surface area contributed by atoms with Gasteiger partial charge in [-0.15, -0.1) is 0 Å². The van der Waals surface area contributed by atoms with Crippen molar-refractivity contribution in [2.75, 3.05) is 23.7 Å². The number of hydrogen-bond donors (Lipinski definition) is 3. The molecule has 0 saturated heterocycles. The molecule has 120 valence electrons. The molecule has 1 heterocycles. The number of anilines is 2. The van der Waals surface area contributed by atoms with Gasteiger partial charge in [0.25, 0.3) is 0 Å². The van der Waals surface area contributed by atoms with E-state index in [1.165, 1.54) is 12.1 Å². The molecule has 0 aromatic heterocycles. The lowest BCUT2D eigenvalue weighted by Gasteiger charge is -2.10. The first-order valence-corrected chi connectivity index (χ1v) is 7.31. The van der Waals surface area contributed by atoms with Crippen LogP contribution in [0.15, 0.2) is 47.5 Å². The number of rotatable bonds is 3. The summed E-state index contributed by atoms with van der Waals surface area (Å²) in [5.41, 5.74) is 1.94. The van der Waals surface area contributed by atoms with Crippen molar-refractivity contribution < 1.29 is 9.18 Å². The van der Waals surface area contributed by atoms with Gasteiger partial charge in [-0.05, 0) is 42.5 Å². The number of amides is 2. The molecule has 0 atom stereocenters. The third-order valence-corrected chi connectivity index (χ3v) is 3.38. The van der Waals surface area contributed by atoms with Gasteiger partial charge in [0.15, 0.2) is 0 Å². The maximum absolute atomic E-state index is 13.8. The second kappa shape index (κ2) is 6.79. The van der Waals surface area contributed by atoms with Crippen molar-refractivity contribution in [2.24, 2.45) is 4.99 Å². The standard InChI is InChI=1S/C17H14FN5O/c18-13-7-12(16-20-5-6-21-16)8-15(9-13)23-17(24)22-14-3-1-11(10-19)2-4-14/h1-4,7-9H,5-6H2,(H,20,21)(H2,22,23,24). The zero-order valence-corrected chi connectivity index (χ0v) is 12.6. The Kier molecular flexibility index (Phi) is 4.38. The van der Waals surface area contributed by atoms with E-state index in [-0.39, 0.29) is 0 Å². The first-order chi connectivity index (χ1) is 11.6. The smallest absolute Gasteiger partial charge is 0.323 e. The zero-order chi connectivity index (χ0) is 16.9. The lowest BCUT2D eigenvalue weighted by Crippen LogP contribution is -2.22. The van der Waals surface area contributed by atoms with Crippen LogP contribution in [-0.2, 0) is 0 Å². The molecule has 0 aliphatic carbocycles. The molecule has 2 aromatic rings. The fourth-order valence-corrected chi connectivity index (χ4v) is 2.31. The predicted molar refractivity (Wildman–Crippen MR) is 89.6 cm³/mol. The highest BCUT2D eigenvalue weighted by Gasteiger charge is 2.12. The molecule has 3 N–H and O–H groups in total. The number of nitriles is 1. The van der Waals surface area contributed by atoms with Crippen molar-refractivity contribution in [1.29, 1.82) is 5.26 Å². The van der Waals surface area contributed by atoms with Crippen LogP contribution in [0, 0.1) is 17.1 Å². The van der Waals surface area contributed by atoms with Crippen LogP contribution < -0.4 is 16.0 Å². The van der Waals surface area contributed by atoms with Gasteiger partial charge in [0, 0.05) is 23.5 Å². The number of nitrogens with zero attached hydrogens (tertiary/aromatic N) is 2. The summed E-state index contributed by atoms with van der Waals surface area (Å²) in [5, 5.41) is 17.0. The van der Waals surface area contributed by atoms with Gasteiger partial charge < -0.3 is 16.0 Å². The third-order valence-electron chi connectivity index (χ3n) is 3.38. The second-order valence-corrected chi connectivity index (χ2v) is 5.15. The minimum atomic E-state index is -0.502. The molecule has 0 spiro atoms. The number of halogens is 1. The largest absolute Gasteiger partial charge is 0.368 e. The molecule has 7 heteroatoms. The van der Waals surface area contributed by atoms with Crippen molar-refractivity contribution in [3.8, 4) is 6.07 Å². The van der Waals surface area contributed by atoms with E-state index in [9.17, 15) is 9.18 Å². The number of benzene rings is 2. The van der Waals surface area contributed by atoms with Crippen molar-refractivity contribution in [2.45, 2.75) is 0 Å². The van der Waals surface area contributed by atoms with Crippen molar-refractivity contribution >= 4 is 23.2 Å². The Hall–Kier alpha value is -3.40. The fraction of sp³-hybridized carbons (Fsp3) is 0.118. The van der Waals surface area contributed by atoms with E-state index in [2.05, 4.69) is 20.9 Å². The van der Waals surface area contributed by atoms with Gasteiger partial charge >= 0.3 is 6.03 Å². The van der Waals surface area contributed by atoms with Gasteiger partial charge in [-0.1, -0.05) is 0 Å². The minimum absolute atomic E-state index is 0.326. The van der Waals surface area contributed by atoms with Gasteiger partial charge in [0.1, 0.15) is 11.7 Å². The van der Waals surface area contributed by atoms with Crippen LogP contribution in [0.25, 0.3) is 0 Å². The third kappa shape index (κ3) is 3.67. The number of amidine groups is 1. The molecule has 0 radical (unpaired) electrons. The molecule has 1 aliphatic heterocycles. The van der Waals surface area contributed by atoms with E-state index in [1.807, 2.05) is 6.07 Å². The molecule has 0 unspecified atom stereocenters. The summed E-state index contributed by atoms with van der Waals surface area (Å²) >= 11 is 0. The summed E-state index contributed by atoms with van der Waals surface area (Å²) in [4.78, 5) is 16.3. The molecule has 2 amide bonds. The van der Waals surface area contributed by atoms with E-state index < -0.39 is 11.8 Å². The Balaban J connectivity index is 1.70. The average molecular weight is 323 g/mol. The summed E-state index contributed by atoms with van der Waals surface area (Å²) in [5.74, 6) is 0.155. The first-order valence-electron chi connectivity index (χ1n) is 7.31. The van der Waals surface area contributed by atoms with Gasteiger partial charge in [-0.25, -0.2) is 9.18 Å². The molecule has 1 aliphatic rings. The van der Waals surface area contributed by atoms with E-state index in [0.29, 0.717) is 41.4 Å². The Bertz CT molecular complexity index is 839. The summed E-state index contributed by atoms with van der Waals surface area (Å²) < 4.78 is 13.8. The maximum atomic E-state index is 13.8. The SMILES string of the molecule is N#Cc1ccc(NC(=O)Nc2cc(F)cc(C3=NCCN3)c2)cc1. The van der Waals surface area contributed by atoms with Gasteiger partial charge in [0.05, 0.1) is 18.2 Å². The second-order valence-electron chi connectivity index (χ2n) is 5.15. The summed E-state index contributed by atoms with van der Waals surface area (Å²) in [6.45, 7) is 1.36. The van der Waals surface area contributed by atoms with Crippen LogP contribution in [0.3, 0.4) is 0 Å². The van der Waals surface area contributed by atoms with Crippen molar-refractivity contribution in [1.82, 2.24) is 5.32 Å². The number of nitrogens with one attached hydrogen (secondary N) is 3. The first kappa shape index (κ1) is 15.5. The van der Waals surface area contributed by atoms with Gasteiger partial charge in [0.2, 0.25) is 0 Å². The normalized spacial score (nSPS) is 12.8. The number of urea groups is 1. The molecular formula is C17H14FN5O. The quantitative estimate of drug-likeness (QED) is 0.811. The van der Waals surface area contributed by atoms with Gasteiger partial charge in [-0.2, -0.15) is 5.26 Å². The van der Waals surface area contributed by atoms with Crippen LogP contribution in [0.1, 0.15) is 11.1 Å². The number of carbonyl (C=O) groups excluding carboxylic acids is 1. The lowest BCUT2D eigenvalue weighted by molar-refractivity contribution is 0.262. The molecular weight excluding hydrogens is 309 g/mol. The van der Waals surface area contributed by atoms with Crippen molar-refractivity contribution in [3.63, 3.8) is 0 Å². The monoisotopic (exact) mass is 323 g/mol. The maximum Gasteiger partial charge on any atom is 0.323 e. The Morgan fingerprint density at radius 2 is 1.92 bits per heavy atom. The zero-order valence-electron chi connectivity index (χ0n) is 12.6. The van der Waals surface area contributed by atoms with E-state index in [0.717, 1.165) is 0 Å². The molecule has 6 nitrogen and oxygen atoms in total. The van der Waals surface area contributed by atoms with Crippen LogP contribution in [-0.4, -0.2) is 25.0 Å². The summed E-state index contributed by atoms with van der Waals surface area (Å²) in [6, 6.07) is 12.2. The highest BCUT2D eigenvalue weighted by atomic mass is 19.1. The number of aliphatic imine (C=N–C) groups is 1. The minimum Gasteiger partial charge on any atom is -0.368 e. The van der Waals surface area contributed by atoms with Crippen LogP contribution >= 0.6 is 0 Å². The Labute approximate surface area is 138 Å². The highest BCUT2D eigenvalue weighted by Crippen LogP contribution is 2.16. The Morgan fingerprint density at radius 1 is 1.17 bits per heavy atom. The molecule has 0 saturated carbocycles. The molecule has 0 bridgehead atoms. The number of hydrogen-bond acceptors (Lipinski definition) is 4. The van der Waals surface area contributed by atoms with E-state index in [1.54, 1.807) is 30.3 Å². The average Bonchev–Trinajstić information content (AvgIpc) is 3.09. The predicted octanol–water partition coefficient (Wildman–Crippen LogP) is 2.69. The topological polar surface area (TPSA) is 89.3 Å². The van der Waals surface area contributed by atoms with Gasteiger partial charge in [-0.3, -0.25) is 4.99 Å². The van der Waals surface area contributed by atoms with Crippen LogP contribution in [0.2, 0.25) is 0 Å².